The summed E-state index contributed by atoms with van der Waals surface area (Å²) in [5.74, 6) is -0.166. The second-order valence-electron chi connectivity index (χ2n) is 3.61. The Labute approximate surface area is 114 Å². The lowest BCUT2D eigenvalue weighted by Gasteiger charge is -2.00. The SMILES string of the molecule is O=C(/C=C/c1cccc(Br)c1)Nc1ccncc1. The van der Waals surface area contributed by atoms with Crippen LogP contribution < -0.4 is 5.32 Å². The number of carbonyl (C=O) groups excluding carboxylic acids is 1. The van der Waals surface area contributed by atoms with Crippen LogP contribution in [-0.2, 0) is 4.79 Å². The van der Waals surface area contributed by atoms with E-state index >= 15 is 0 Å². The van der Waals surface area contributed by atoms with Gasteiger partial charge in [0.2, 0.25) is 5.91 Å². The maximum absolute atomic E-state index is 11.6. The number of carbonyl (C=O) groups is 1. The topological polar surface area (TPSA) is 42.0 Å². The highest BCUT2D eigenvalue weighted by Crippen LogP contribution is 2.12. The van der Waals surface area contributed by atoms with Gasteiger partial charge < -0.3 is 5.32 Å². The molecule has 1 amide bonds. The van der Waals surface area contributed by atoms with Crippen molar-refractivity contribution in [2.75, 3.05) is 5.32 Å². The molecule has 1 aromatic carbocycles. The summed E-state index contributed by atoms with van der Waals surface area (Å²) in [7, 11) is 0. The first-order valence-corrected chi connectivity index (χ1v) is 6.18. The van der Waals surface area contributed by atoms with Gasteiger partial charge in [-0.15, -0.1) is 0 Å². The van der Waals surface area contributed by atoms with E-state index in [9.17, 15) is 4.79 Å². The molecule has 0 unspecified atom stereocenters. The molecule has 0 aliphatic heterocycles. The van der Waals surface area contributed by atoms with Crippen LogP contribution in [0.15, 0.2) is 59.3 Å². The Bertz CT molecular complexity index is 567. The molecular formula is C14H11BrN2O. The average molecular weight is 303 g/mol. The molecule has 1 aromatic heterocycles. The number of halogens is 1. The van der Waals surface area contributed by atoms with Crippen molar-refractivity contribution >= 4 is 33.6 Å². The van der Waals surface area contributed by atoms with Crippen LogP contribution in [0.3, 0.4) is 0 Å². The summed E-state index contributed by atoms with van der Waals surface area (Å²) in [5.41, 5.74) is 1.70. The summed E-state index contributed by atoms with van der Waals surface area (Å²) in [6.07, 6.45) is 6.53. The number of rotatable bonds is 3. The fourth-order valence-corrected chi connectivity index (χ4v) is 1.82. The Morgan fingerprint density at radius 3 is 2.72 bits per heavy atom. The normalized spacial score (nSPS) is 10.5. The molecule has 0 saturated heterocycles. The minimum absolute atomic E-state index is 0.166. The van der Waals surface area contributed by atoms with E-state index in [4.69, 9.17) is 0 Å². The quantitative estimate of drug-likeness (QED) is 0.882. The van der Waals surface area contributed by atoms with Gasteiger partial charge in [-0.1, -0.05) is 28.1 Å². The summed E-state index contributed by atoms with van der Waals surface area (Å²) in [6, 6.07) is 11.2. The maximum Gasteiger partial charge on any atom is 0.248 e. The van der Waals surface area contributed by atoms with E-state index in [2.05, 4.69) is 26.2 Å². The van der Waals surface area contributed by atoms with Crippen LogP contribution >= 0.6 is 15.9 Å². The molecule has 4 heteroatoms. The van der Waals surface area contributed by atoms with Gasteiger partial charge in [0.15, 0.2) is 0 Å². The van der Waals surface area contributed by atoms with Crippen molar-refractivity contribution in [2.45, 2.75) is 0 Å². The van der Waals surface area contributed by atoms with E-state index < -0.39 is 0 Å². The lowest BCUT2D eigenvalue weighted by Crippen LogP contribution is -2.07. The smallest absolute Gasteiger partial charge is 0.248 e. The van der Waals surface area contributed by atoms with Gasteiger partial charge in [-0.3, -0.25) is 9.78 Å². The van der Waals surface area contributed by atoms with Crippen molar-refractivity contribution in [2.24, 2.45) is 0 Å². The highest BCUT2D eigenvalue weighted by atomic mass is 79.9. The largest absolute Gasteiger partial charge is 0.322 e. The first kappa shape index (κ1) is 12.5. The molecule has 0 fully saturated rings. The predicted octanol–water partition coefficient (Wildman–Crippen LogP) is 3.50. The lowest BCUT2D eigenvalue weighted by atomic mass is 10.2. The van der Waals surface area contributed by atoms with Gasteiger partial charge in [-0.05, 0) is 35.9 Å². The monoisotopic (exact) mass is 302 g/mol. The molecule has 0 bridgehead atoms. The van der Waals surface area contributed by atoms with Crippen LogP contribution in [-0.4, -0.2) is 10.9 Å². The van der Waals surface area contributed by atoms with E-state index in [1.807, 2.05) is 24.3 Å². The molecule has 2 aromatic rings. The Morgan fingerprint density at radius 1 is 1.22 bits per heavy atom. The molecule has 3 nitrogen and oxygen atoms in total. The van der Waals surface area contributed by atoms with Crippen molar-refractivity contribution in [1.29, 1.82) is 0 Å². The van der Waals surface area contributed by atoms with Gasteiger partial charge in [0, 0.05) is 28.6 Å². The molecule has 1 heterocycles. The number of nitrogens with zero attached hydrogens (tertiary/aromatic N) is 1. The number of hydrogen-bond donors (Lipinski definition) is 1. The zero-order valence-corrected chi connectivity index (χ0v) is 11.1. The summed E-state index contributed by atoms with van der Waals surface area (Å²) in [5, 5.41) is 2.75. The van der Waals surface area contributed by atoms with E-state index in [1.54, 1.807) is 30.6 Å². The Hall–Kier alpha value is -1.94. The average Bonchev–Trinajstić information content (AvgIpc) is 2.38. The van der Waals surface area contributed by atoms with E-state index in [0.29, 0.717) is 0 Å². The molecule has 0 atom stereocenters. The van der Waals surface area contributed by atoms with E-state index in [1.165, 1.54) is 6.08 Å². The number of amides is 1. The van der Waals surface area contributed by atoms with Crippen LogP contribution in [0.1, 0.15) is 5.56 Å². The molecule has 2 rings (SSSR count). The number of anilines is 1. The second-order valence-corrected chi connectivity index (χ2v) is 4.53. The predicted molar refractivity (Wildman–Crippen MR) is 76.0 cm³/mol. The maximum atomic E-state index is 11.6. The van der Waals surface area contributed by atoms with Crippen LogP contribution in [0, 0.1) is 0 Å². The molecule has 0 spiro atoms. The van der Waals surface area contributed by atoms with Crippen LogP contribution in [0.5, 0.6) is 0 Å². The molecule has 1 N–H and O–H groups in total. The van der Waals surface area contributed by atoms with Crippen molar-refractivity contribution in [3.63, 3.8) is 0 Å². The van der Waals surface area contributed by atoms with Crippen molar-refractivity contribution in [1.82, 2.24) is 4.98 Å². The molecule has 90 valence electrons. The first-order chi connectivity index (χ1) is 8.74. The van der Waals surface area contributed by atoms with Crippen LogP contribution in [0.4, 0.5) is 5.69 Å². The zero-order chi connectivity index (χ0) is 12.8. The highest BCUT2D eigenvalue weighted by Gasteiger charge is 1.96. The van der Waals surface area contributed by atoms with Crippen molar-refractivity contribution in [3.8, 4) is 0 Å². The van der Waals surface area contributed by atoms with E-state index in [-0.39, 0.29) is 5.91 Å². The molecule has 0 radical (unpaired) electrons. The third-order valence-electron chi connectivity index (χ3n) is 2.22. The van der Waals surface area contributed by atoms with Crippen LogP contribution in [0.25, 0.3) is 6.08 Å². The van der Waals surface area contributed by atoms with Gasteiger partial charge in [0.05, 0.1) is 0 Å². The van der Waals surface area contributed by atoms with Gasteiger partial charge in [0.1, 0.15) is 0 Å². The second kappa shape index (κ2) is 6.12. The standard InChI is InChI=1S/C14H11BrN2O/c15-12-3-1-2-11(10-12)4-5-14(18)17-13-6-8-16-9-7-13/h1-10H,(H,16,17,18)/b5-4+. The minimum Gasteiger partial charge on any atom is -0.322 e. The highest BCUT2D eigenvalue weighted by molar-refractivity contribution is 9.10. The Balaban J connectivity index is 1.99. The third kappa shape index (κ3) is 3.82. The zero-order valence-electron chi connectivity index (χ0n) is 9.51. The minimum atomic E-state index is -0.166. The number of aromatic nitrogens is 1. The first-order valence-electron chi connectivity index (χ1n) is 5.39. The Kier molecular flexibility index (Phi) is 4.25. The number of nitrogens with one attached hydrogen (secondary N) is 1. The summed E-state index contributed by atoms with van der Waals surface area (Å²) < 4.78 is 0.985. The number of hydrogen-bond acceptors (Lipinski definition) is 2. The number of benzene rings is 1. The van der Waals surface area contributed by atoms with Crippen molar-refractivity contribution in [3.05, 3.63) is 64.9 Å². The fourth-order valence-electron chi connectivity index (χ4n) is 1.40. The molecule has 18 heavy (non-hydrogen) atoms. The molecular weight excluding hydrogens is 292 g/mol. The van der Waals surface area contributed by atoms with Gasteiger partial charge >= 0.3 is 0 Å². The molecule has 0 aliphatic carbocycles. The summed E-state index contributed by atoms with van der Waals surface area (Å²) in [4.78, 5) is 15.5. The summed E-state index contributed by atoms with van der Waals surface area (Å²) in [6.45, 7) is 0. The molecule has 0 aliphatic rings. The van der Waals surface area contributed by atoms with Gasteiger partial charge in [-0.25, -0.2) is 0 Å². The van der Waals surface area contributed by atoms with Crippen LogP contribution in [0.2, 0.25) is 0 Å². The van der Waals surface area contributed by atoms with Gasteiger partial charge in [-0.2, -0.15) is 0 Å². The lowest BCUT2D eigenvalue weighted by molar-refractivity contribution is -0.111. The Morgan fingerprint density at radius 2 is 2.00 bits per heavy atom. The molecule has 0 saturated carbocycles. The van der Waals surface area contributed by atoms with E-state index in [0.717, 1.165) is 15.7 Å². The summed E-state index contributed by atoms with van der Waals surface area (Å²) >= 11 is 3.38. The fraction of sp³-hybridized carbons (Fsp3) is 0. The third-order valence-corrected chi connectivity index (χ3v) is 2.72. The van der Waals surface area contributed by atoms with Crippen molar-refractivity contribution < 1.29 is 4.79 Å². The van der Waals surface area contributed by atoms with Gasteiger partial charge in [0.25, 0.3) is 0 Å². The number of pyridine rings is 1.